The van der Waals surface area contributed by atoms with Gasteiger partial charge in [-0.25, -0.2) is 27.7 Å². The molecule has 4 rings (SSSR count). The Balaban J connectivity index is 1.60. The van der Waals surface area contributed by atoms with E-state index in [9.17, 15) is 13.2 Å². The molecule has 13 heteroatoms. The predicted molar refractivity (Wildman–Crippen MR) is 165 cm³/mol. The van der Waals surface area contributed by atoms with Crippen molar-refractivity contribution in [2.75, 3.05) is 38.0 Å². The number of aromatic nitrogens is 5. The summed E-state index contributed by atoms with van der Waals surface area (Å²) in [5.41, 5.74) is 1.87. The summed E-state index contributed by atoms with van der Waals surface area (Å²) in [5, 5.41) is 0. The van der Waals surface area contributed by atoms with E-state index in [0.717, 1.165) is 16.1 Å². The van der Waals surface area contributed by atoms with Crippen LogP contribution in [-0.4, -0.2) is 72.8 Å². The highest BCUT2D eigenvalue weighted by Crippen LogP contribution is 2.31. The van der Waals surface area contributed by atoms with Gasteiger partial charge >= 0.3 is 0 Å². The van der Waals surface area contributed by atoms with Crippen LogP contribution in [0.5, 0.6) is 11.6 Å². The molecule has 4 aromatic rings. The second-order valence-corrected chi connectivity index (χ2v) is 12.2. The van der Waals surface area contributed by atoms with Gasteiger partial charge in [0, 0.05) is 43.8 Å². The average Bonchev–Trinajstić information content (AvgIpc) is 3.03. The molecule has 0 spiro atoms. The number of ether oxygens (including phenoxy) is 3. The van der Waals surface area contributed by atoms with Crippen LogP contribution in [0.15, 0.2) is 67.3 Å². The molecule has 12 nitrogen and oxygen atoms in total. The molecule has 0 fully saturated rings. The van der Waals surface area contributed by atoms with Crippen molar-refractivity contribution in [3.63, 3.8) is 0 Å². The molecule has 0 aliphatic rings. The van der Waals surface area contributed by atoms with Crippen LogP contribution in [0.25, 0.3) is 11.3 Å². The van der Waals surface area contributed by atoms with Crippen LogP contribution in [-0.2, 0) is 37.9 Å². The highest BCUT2D eigenvalue weighted by atomic mass is 32.2. The number of ketones is 1. The lowest BCUT2D eigenvalue weighted by Gasteiger charge is -2.29. The topological polar surface area (TPSA) is 147 Å². The van der Waals surface area contributed by atoms with E-state index in [-0.39, 0.29) is 31.3 Å². The van der Waals surface area contributed by atoms with Crippen molar-refractivity contribution in [3.8, 4) is 22.9 Å². The molecule has 1 unspecified atom stereocenters. The van der Waals surface area contributed by atoms with Crippen molar-refractivity contribution < 1.29 is 27.4 Å². The fourth-order valence-electron chi connectivity index (χ4n) is 4.47. The third kappa shape index (κ3) is 7.91. The first kappa shape index (κ1) is 32.4. The first-order valence-corrected chi connectivity index (χ1v) is 15.8. The van der Waals surface area contributed by atoms with Crippen molar-refractivity contribution >= 4 is 21.8 Å². The van der Waals surface area contributed by atoms with Gasteiger partial charge in [-0.1, -0.05) is 12.1 Å². The van der Waals surface area contributed by atoms with Crippen molar-refractivity contribution in [1.29, 1.82) is 0 Å². The molecule has 0 N–H and O–H groups in total. The van der Waals surface area contributed by atoms with Gasteiger partial charge in [-0.15, -0.1) is 0 Å². The molecule has 44 heavy (non-hydrogen) atoms. The van der Waals surface area contributed by atoms with Crippen LogP contribution in [0, 0.1) is 0 Å². The Morgan fingerprint density at radius 3 is 2.39 bits per heavy atom. The van der Waals surface area contributed by atoms with Crippen LogP contribution in [0.2, 0.25) is 0 Å². The second-order valence-electron chi connectivity index (χ2n) is 10.2. The number of anilines is 1. The SMILES string of the molecule is CCOc1cncc(-c2ccc(CC(=O)C(C)(CCOC)c3ccnc(N(Cc4ccc(OC)cc4)S(C)(=O)=O)n3)nc2)n1. The number of hydrogen-bond acceptors (Lipinski definition) is 11. The number of pyridine rings is 1. The minimum absolute atomic E-state index is 0.00311. The van der Waals surface area contributed by atoms with E-state index >= 15 is 0 Å². The van der Waals surface area contributed by atoms with Crippen LogP contribution in [0.1, 0.15) is 37.2 Å². The lowest BCUT2D eigenvalue weighted by atomic mass is 9.77. The Morgan fingerprint density at radius 1 is 0.977 bits per heavy atom. The van der Waals surface area contributed by atoms with Crippen molar-refractivity contribution in [2.24, 2.45) is 0 Å². The van der Waals surface area contributed by atoms with Gasteiger partial charge in [0.15, 0.2) is 5.78 Å². The number of carbonyl (C=O) groups is 1. The van der Waals surface area contributed by atoms with E-state index < -0.39 is 15.4 Å². The number of rotatable bonds is 15. The highest BCUT2D eigenvalue weighted by Gasteiger charge is 2.37. The maximum Gasteiger partial charge on any atom is 0.239 e. The van der Waals surface area contributed by atoms with Crippen molar-refractivity contribution in [1.82, 2.24) is 24.9 Å². The number of Topliss-reactive ketones (excluding diaryl/α,β-unsaturated/α-hetero) is 1. The van der Waals surface area contributed by atoms with Gasteiger partial charge in [-0.2, -0.15) is 0 Å². The minimum atomic E-state index is -3.77. The van der Waals surface area contributed by atoms with Crippen molar-refractivity contribution in [3.05, 3.63) is 84.2 Å². The summed E-state index contributed by atoms with van der Waals surface area (Å²) < 4.78 is 42.8. The number of hydrogen-bond donors (Lipinski definition) is 0. The summed E-state index contributed by atoms with van der Waals surface area (Å²) in [4.78, 5) is 35.9. The Hall–Kier alpha value is -4.49. The fraction of sp³-hybridized carbons (Fsp3) is 0.355. The third-order valence-electron chi connectivity index (χ3n) is 7.11. The van der Waals surface area contributed by atoms with Crippen LogP contribution in [0.3, 0.4) is 0 Å². The Morgan fingerprint density at radius 2 is 1.75 bits per heavy atom. The van der Waals surface area contributed by atoms with E-state index in [1.165, 1.54) is 6.20 Å². The first-order valence-electron chi connectivity index (χ1n) is 13.9. The molecule has 0 bridgehead atoms. The third-order valence-corrected chi connectivity index (χ3v) is 8.20. The standard InChI is InChI=1S/C31H36N6O6S/c1-6-43-29-20-32-19-26(35-29)23-9-10-24(34-18-23)17-28(38)31(2,14-16-41-3)27-13-15-33-30(36-27)37(44(5,39)40)21-22-7-11-25(42-4)12-8-22/h7-13,15,18-20H,6,14,16-17,21H2,1-5H3. The average molecular weight is 621 g/mol. The maximum absolute atomic E-state index is 13.9. The van der Waals surface area contributed by atoms with Gasteiger partial charge in [0.1, 0.15) is 5.75 Å². The van der Waals surface area contributed by atoms with E-state index in [4.69, 9.17) is 14.2 Å². The van der Waals surface area contributed by atoms with Gasteiger partial charge in [0.2, 0.25) is 21.9 Å². The summed E-state index contributed by atoms with van der Waals surface area (Å²) in [6, 6.07) is 12.3. The van der Waals surface area contributed by atoms with Crippen LogP contribution in [0.4, 0.5) is 5.95 Å². The normalized spacial score (nSPS) is 12.8. The molecule has 1 atom stereocenters. The Labute approximate surface area is 257 Å². The molecule has 0 aliphatic carbocycles. The zero-order chi connectivity index (χ0) is 31.7. The lowest BCUT2D eigenvalue weighted by Crippen LogP contribution is -2.38. The summed E-state index contributed by atoms with van der Waals surface area (Å²) in [6.07, 6.45) is 7.69. The first-order chi connectivity index (χ1) is 21.1. The smallest absolute Gasteiger partial charge is 0.239 e. The number of carbonyl (C=O) groups excluding carboxylic acids is 1. The quantitative estimate of drug-likeness (QED) is 0.191. The molecule has 0 saturated carbocycles. The molecule has 3 heterocycles. The van der Waals surface area contributed by atoms with Gasteiger partial charge in [0.05, 0.1) is 55.7 Å². The number of benzene rings is 1. The fourth-order valence-corrected chi connectivity index (χ4v) is 5.24. The maximum atomic E-state index is 13.9. The van der Waals surface area contributed by atoms with Crippen LogP contribution >= 0.6 is 0 Å². The Kier molecular flexibility index (Phi) is 10.6. The number of nitrogens with zero attached hydrogens (tertiary/aromatic N) is 6. The summed E-state index contributed by atoms with van der Waals surface area (Å²) in [5.74, 6) is 0.883. The molecule has 1 aromatic carbocycles. The number of methoxy groups -OCH3 is 2. The molecule has 0 amide bonds. The van der Waals surface area contributed by atoms with E-state index in [1.807, 2.05) is 13.0 Å². The predicted octanol–water partition coefficient (Wildman–Crippen LogP) is 3.81. The number of sulfonamides is 1. The molecule has 0 saturated heterocycles. The van der Waals surface area contributed by atoms with Gasteiger partial charge in [0.25, 0.3) is 0 Å². The van der Waals surface area contributed by atoms with E-state index in [2.05, 4.69) is 24.9 Å². The molecule has 232 valence electrons. The molecule has 3 aromatic heterocycles. The zero-order valence-corrected chi connectivity index (χ0v) is 26.2. The minimum Gasteiger partial charge on any atom is -0.497 e. The summed E-state index contributed by atoms with van der Waals surface area (Å²) in [7, 11) is -0.659. The van der Waals surface area contributed by atoms with Crippen molar-refractivity contribution in [2.45, 2.75) is 38.6 Å². The largest absolute Gasteiger partial charge is 0.497 e. The molecule has 0 radical (unpaired) electrons. The highest BCUT2D eigenvalue weighted by molar-refractivity contribution is 7.92. The summed E-state index contributed by atoms with van der Waals surface area (Å²) in [6.45, 7) is 4.40. The zero-order valence-electron chi connectivity index (χ0n) is 25.4. The molecule has 0 aliphatic heterocycles. The summed E-state index contributed by atoms with van der Waals surface area (Å²) >= 11 is 0. The Bertz CT molecular complexity index is 1670. The van der Waals surface area contributed by atoms with E-state index in [1.54, 1.807) is 76.1 Å². The van der Waals surface area contributed by atoms with Crippen LogP contribution < -0.4 is 13.8 Å². The van der Waals surface area contributed by atoms with Gasteiger partial charge in [-0.3, -0.25) is 14.8 Å². The monoisotopic (exact) mass is 620 g/mol. The van der Waals surface area contributed by atoms with Gasteiger partial charge in [-0.05, 0) is 56.2 Å². The lowest BCUT2D eigenvalue weighted by molar-refractivity contribution is -0.124. The molecular weight excluding hydrogens is 584 g/mol. The second kappa shape index (κ2) is 14.3. The molecular formula is C31H36N6O6S. The van der Waals surface area contributed by atoms with E-state index in [0.29, 0.717) is 47.3 Å². The van der Waals surface area contributed by atoms with Gasteiger partial charge < -0.3 is 14.2 Å².